The molecule has 0 aliphatic heterocycles. The summed E-state index contributed by atoms with van der Waals surface area (Å²) < 4.78 is 10.8. The van der Waals surface area contributed by atoms with E-state index in [4.69, 9.17) is 0 Å². The standard InChI is InChI=1S/C10H21NOS/c1-9(10(2)5-6-10)11-7-4-8-13(3)12/h9,11H,4-8H2,1-3H3. The summed E-state index contributed by atoms with van der Waals surface area (Å²) in [6, 6.07) is 0.623. The van der Waals surface area contributed by atoms with Gasteiger partial charge in [0.05, 0.1) is 0 Å². The first-order valence-corrected chi connectivity index (χ1v) is 6.81. The van der Waals surface area contributed by atoms with Crippen molar-refractivity contribution in [3.8, 4) is 0 Å². The summed E-state index contributed by atoms with van der Waals surface area (Å²) >= 11 is 0. The van der Waals surface area contributed by atoms with Crippen LogP contribution < -0.4 is 5.32 Å². The molecule has 2 atom stereocenters. The minimum atomic E-state index is -0.626. The van der Waals surface area contributed by atoms with E-state index in [9.17, 15) is 4.21 Å². The van der Waals surface area contributed by atoms with Crippen LogP contribution in [0.2, 0.25) is 0 Å². The molecule has 1 aliphatic rings. The molecule has 0 aromatic carbocycles. The second-order valence-electron chi connectivity index (χ2n) is 4.46. The molecule has 2 nitrogen and oxygen atoms in total. The Labute approximate surface area is 83.9 Å². The van der Waals surface area contributed by atoms with Gasteiger partial charge in [0.15, 0.2) is 0 Å². The normalized spacial score (nSPS) is 23.9. The topological polar surface area (TPSA) is 29.1 Å². The predicted molar refractivity (Wildman–Crippen MR) is 58.4 cm³/mol. The second kappa shape index (κ2) is 4.56. The van der Waals surface area contributed by atoms with Crippen LogP contribution in [-0.4, -0.2) is 28.8 Å². The van der Waals surface area contributed by atoms with Crippen LogP contribution in [0.1, 0.15) is 33.1 Å². The molecule has 78 valence electrons. The van der Waals surface area contributed by atoms with E-state index in [1.165, 1.54) is 12.8 Å². The summed E-state index contributed by atoms with van der Waals surface area (Å²) in [6.45, 7) is 5.61. The Kier molecular flexibility index (Phi) is 3.92. The average molecular weight is 203 g/mol. The van der Waals surface area contributed by atoms with Gasteiger partial charge < -0.3 is 5.32 Å². The Morgan fingerprint density at radius 3 is 2.62 bits per heavy atom. The quantitative estimate of drug-likeness (QED) is 0.663. The maximum absolute atomic E-state index is 10.8. The number of hydrogen-bond donors (Lipinski definition) is 1. The van der Waals surface area contributed by atoms with Gasteiger partial charge in [-0.1, -0.05) is 6.92 Å². The fourth-order valence-corrected chi connectivity index (χ4v) is 2.02. The van der Waals surface area contributed by atoms with Crippen molar-refractivity contribution in [2.24, 2.45) is 5.41 Å². The van der Waals surface area contributed by atoms with Crippen LogP contribution in [-0.2, 0) is 10.8 Å². The van der Waals surface area contributed by atoms with Gasteiger partial charge in [0, 0.05) is 28.9 Å². The molecule has 0 aromatic rings. The molecule has 0 spiro atoms. The molecular weight excluding hydrogens is 182 g/mol. The lowest BCUT2D eigenvalue weighted by Gasteiger charge is -2.20. The Hall–Kier alpha value is 0.110. The molecule has 0 aromatic heterocycles. The van der Waals surface area contributed by atoms with Crippen LogP contribution in [0.3, 0.4) is 0 Å². The smallest absolute Gasteiger partial charge is 0.0244 e. The summed E-state index contributed by atoms with van der Waals surface area (Å²) in [5, 5.41) is 3.51. The monoisotopic (exact) mass is 203 g/mol. The van der Waals surface area contributed by atoms with E-state index < -0.39 is 10.8 Å². The third-order valence-corrected chi connectivity index (χ3v) is 4.01. The Bertz CT molecular complexity index is 189. The highest BCUT2D eigenvalue weighted by Gasteiger charge is 2.41. The van der Waals surface area contributed by atoms with Crippen LogP contribution >= 0.6 is 0 Å². The van der Waals surface area contributed by atoms with Crippen LogP contribution in [0.4, 0.5) is 0 Å². The molecule has 0 heterocycles. The molecule has 1 rings (SSSR count). The zero-order valence-electron chi connectivity index (χ0n) is 8.93. The predicted octanol–water partition coefficient (Wildman–Crippen LogP) is 1.53. The van der Waals surface area contributed by atoms with Gasteiger partial charge in [-0.25, -0.2) is 0 Å². The summed E-state index contributed by atoms with van der Waals surface area (Å²) in [7, 11) is -0.626. The van der Waals surface area contributed by atoms with Gasteiger partial charge in [0.1, 0.15) is 0 Å². The minimum absolute atomic E-state index is 0.561. The molecule has 1 saturated carbocycles. The third-order valence-electron chi connectivity index (χ3n) is 3.14. The molecule has 1 N–H and O–H groups in total. The lowest BCUT2D eigenvalue weighted by atomic mass is 10.0. The van der Waals surface area contributed by atoms with Crippen molar-refractivity contribution in [1.29, 1.82) is 0 Å². The van der Waals surface area contributed by atoms with E-state index >= 15 is 0 Å². The van der Waals surface area contributed by atoms with Crippen molar-refractivity contribution in [1.82, 2.24) is 5.32 Å². The molecule has 1 fully saturated rings. The molecule has 3 heteroatoms. The Balaban J connectivity index is 2.02. The molecule has 2 unspecified atom stereocenters. The van der Waals surface area contributed by atoms with Crippen molar-refractivity contribution < 1.29 is 4.21 Å². The van der Waals surface area contributed by atoms with Gasteiger partial charge in [-0.3, -0.25) is 4.21 Å². The van der Waals surface area contributed by atoms with Gasteiger partial charge in [-0.05, 0) is 38.1 Å². The average Bonchev–Trinajstić information content (AvgIpc) is 2.78. The van der Waals surface area contributed by atoms with Gasteiger partial charge in [-0.15, -0.1) is 0 Å². The first-order valence-electron chi connectivity index (χ1n) is 5.08. The second-order valence-corrected chi connectivity index (χ2v) is 6.02. The maximum Gasteiger partial charge on any atom is 0.0244 e. The zero-order chi connectivity index (χ0) is 9.90. The minimum Gasteiger partial charge on any atom is -0.314 e. The van der Waals surface area contributed by atoms with E-state index in [0.29, 0.717) is 11.5 Å². The fourth-order valence-electron chi connectivity index (χ4n) is 1.47. The third kappa shape index (κ3) is 3.77. The van der Waals surface area contributed by atoms with E-state index in [1.807, 2.05) is 0 Å². The van der Waals surface area contributed by atoms with E-state index in [-0.39, 0.29) is 0 Å². The summed E-state index contributed by atoms with van der Waals surface area (Å²) in [6.07, 6.45) is 5.52. The first-order chi connectivity index (χ1) is 6.04. The van der Waals surface area contributed by atoms with Gasteiger partial charge in [0.25, 0.3) is 0 Å². The number of hydrogen-bond acceptors (Lipinski definition) is 2. The zero-order valence-corrected chi connectivity index (χ0v) is 9.75. The molecule has 0 radical (unpaired) electrons. The van der Waals surface area contributed by atoms with E-state index in [0.717, 1.165) is 18.7 Å². The van der Waals surface area contributed by atoms with Crippen molar-refractivity contribution in [2.75, 3.05) is 18.6 Å². The molecule has 0 bridgehead atoms. The number of rotatable bonds is 6. The first kappa shape index (κ1) is 11.2. The van der Waals surface area contributed by atoms with Crippen LogP contribution in [0.15, 0.2) is 0 Å². The fraction of sp³-hybridized carbons (Fsp3) is 1.00. The summed E-state index contributed by atoms with van der Waals surface area (Å²) in [4.78, 5) is 0. The highest BCUT2D eigenvalue weighted by Crippen LogP contribution is 2.47. The highest BCUT2D eigenvalue weighted by molar-refractivity contribution is 7.84. The molecule has 0 saturated heterocycles. The lowest BCUT2D eigenvalue weighted by Crippen LogP contribution is -2.34. The van der Waals surface area contributed by atoms with Crippen molar-refractivity contribution in [2.45, 2.75) is 39.2 Å². The van der Waals surface area contributed by atoms with Gasteiger partial charge >= 0.3 is 0 Å². The van der Waals surface area contributed by atoms with Crippen molar-refractivity contribution in [3.63, 3.8) is 0 Å². The molecular formula is C10H21NOS. The van der Waals surface area contributed by atoms with E-state index in [1.54, 1.807) is 6.26 Å². The van der Waals surface area contributed by atoms with Crippen LogP contribution in [0, 0.1) is 5.41 Å². The SMILES string of the molecule is CC(NCCCS(C)=O)C1(C)CC1. The summed E-state index contributed by atoms with van der Waals surface area (Å²) in [5.74, 6) is 0.830. The van der Waals surface area contributed by atoms with Crippen LogP contribution in [0.25, 0.3) is 0 Å². The highest BCUT2D eigenvalue weighted by atomic mass is 32.2. The number of nitrogens with one attached hydrogen (secondary N) is 1. The van der Waals surface area contributed by atoms with Crippen LogP contribution in [0.5, 0.6) is 0 Å². The molecule has 0 amide bonds. The largest absolute Gasteiger partial charge is 0.314 e. The summed E-state index contributed by atoms with van der Waals surface area (Å²) in [5.41, 5.74) is 0.561. The molecule has 1 aliphatic carbocycles. The van der Waals surface area contributed by atoms with Crippen molar-refractivity contribution >= 4 is 10.8 Å². The molecule has 13 heavy (non-hydrogen) atoms. The van der Waals surface area contributed by atoms with E-state index in [2.05, 4.69) is 19.2 Å². The van der Waals surface area contributed by atoms with Gasteiger partial charge in [0.2, 0.25) is 0 Å². The maximum atomic E-state index is 10.8. The Morgan fingerprint density at radius 2 is 2.15 bits per heavy atom. The Morgan fingerprint density at radius 1 is 1.54 bits per heavy atom. The van der Waals surface area contributed by atoms with Crippen molar-refractivity contribution in [3.05, 3.63) is 0 Å². The van der Waals surface area contributed by atoms with Gasteiger partial charge in [-0.2, -0.15) is 0 Å². The lowest BCUT2D eigenvalue weighted by molar-refractivity contribution is 0.382.